The minimum atomic E-state index is -0.342. The summed E-state index contributed by atoms with van der Waals surface area (Å²) >= 11 is 0. The molecular weight excluding hydrogens is 588 g/mol. The zero-order chi connectivity index (χ0) is 31.9. The van der Waals surface area contributed by atoms with Gasteiger partial charge in [0.05, 0.1) is 26.0 Å². The van der Waals surface area contributed by atoms with Crippen molar-refractivity contribution in [2.24, 2.45) is 0 Å². The van der Waals surface area contributed by atoms with Crippen LogP contribution in [0.5, 0.6) is 23.0 Å². The first kappa shape index (κ1) is 31.0. The summed E-state index contributed by atoms with van der Waals surface area (Å²) in [5, 5.41) is 6.13. The molecule has 0 unspecified atom stereocenters. The summed E-state index contributed by atoms with van der Waals surface area (Å²) in [5.41, 5.74) is 3.45. The van der Waals surface area contributed by atoms with Crippen LogP contribution in [0.1, 0.15) is 29.7 Å². The van der Waals surface area contributed by atoms with Crippen LogP contribution in [0.3, 0.4) is 0 Å². The third kappa shape index (κ3) is 7.60. The number of ether oxygens (including phenoxy) is 4. The predicted molar refractivity (Wildman–Crippen MR) is 170 cm³/mol. The third-order valence-corrected chi connectivity index (χ3v) is 8.19. The SMILES string of the molecule is COc1cc2ccc1CNC(=O)CCc1ccc(OC)c(c1)OCC(=O)N[C@@H]1CN(Cc3coc(-c4ccccc4)n3)CC[C@@H]1O2. The molecule has 0 aliphatic carbocycles. The number of oxazole rings is 1. The number of hydrogen-bond acceptors (Lipinski definition) is 9. The minimum absolute atomic E-state index is 0.0885. The van der Waals surface area contributed by atoms with E-state index >= 15 is 0 Å². The molecule has 7 rings (SSSR count). The van der Waals surface area contributed by atoms with Gasteiger partial charge in [-0.15, -0.1) is 0 Å². The van der Waals surface area contributed by atoms with Crippen molar-refractivity contribution < 1.29 is 33.0 Å². The van der Waals surface area contributed by atoms with E-state index in [4.69, 9.17) is 28.3 Å². The van der Waals surface area contributed by atoms with Gasteiger partial charge in [0.15, 0.2) is 18.1 Å². The number of fused-ring (bicyclic) bond motifs is 9. The fraction of sp³-hybridized carbons (Fsp3) is 0.343. The summed E-state index contributed by atoms with van der Waals surface area (Å²) in [4.78, 5) is 32.9. The van der Waals surface area contributed by atoms with Gasteiger partial charge in [-0.25, -0.2) is 4.98 Å². The standard InChI is InChI=1S/C35H38N4O7/c1-42-30-12-8-23-9-13-33(40)36-18-25-10-11-27(17-31(25)43-2)46-29-14-15-39(20-28(29)38-34(41)22-44-32(30)16-23)19-26-21-45-35(37-26)24-6-4-3-5-7-24/h3-8,10-12,16-17,21,28-29H,9,13-15,18-20,22H2,1-2H3,(H,36,40)(H,38,41)/t28-,29+/m1/s1. The quantitative estimate of drug-likeness (QED) is 0.336. The summed E-state index contributed by atoms with van der Waals surface area (Å²) in [7, 11) is 3.14. The highest BCUT2D eigenvalue weighted by molar-refractivity contribution is 5.78. The first-order chi connectivity index (χ1) is 22.5. The molecular formula is C35H38N4O7. The molecule has 4 bridgehead atoms. The number of likely N-dealkylation sites (tertiary alicyclic amines) is 1. The zero-order valence-corrected chi connectivity index (χ0v) is 26.0. The summed E-state index contributed by atoms with van der Waals surface area (Å²) in [6.45, 7) is 1.93. The minimum Gasteiger partial charge on any atom is -0.496 e. The molecule has 4 heterocycles. The van der Waals surface area contributed by atoms with Gasteiger partial charge in [-0.2, -0.15) is 0 Å². The van der Waals surface area contributed by atoms with Crippen LogP contribution < -0.4 is 29.6 Å². The molecule has 4 aromatic rings. The van der Waals surface area contributed by atoms with E-state index in [9.17, 15) is 9.59 Å². The fourth-order valence-electron chi connectivity index (χ4n) is 5.78. The second-order valence-corrected chi connectivity index (χ2v) is 11.4. The maximum absolute atomic E-state index is 13.3. The van der Waals surface area contributed by atoms with E-state index in [-0.39, 0.29) is 37.0 Å². The second kappa shape index (κ2) is 14.4. The highest BCUT2D eigenvalue weighted by Gasteiger charge is 2.33. The van der Waals surface area contributed by atoms with Gasteiger partial charge in [0, 0.05) is 49.8 Å². The third-order valence-electron chi connectivity index (χ3n) is 8.19. The van der Waals surface area contributed by atoms with E-state index in [2.05, 4.69) is 15.5 Å². The number of amides is 2. The van der Waals surface area contributed by atoms with Crippen molar-refractivity contribution in [3.8, 4) is 34.5 Å². The Bertz CT molecular complexity index is 1660. The van der Waals surface area contributed by atoms with Crippen LogP contribution in [0.4, 0.5) is 0 Å². The van der Waals surface area contributed by atoms with Crippen LogP contribution >= 0.6 is 0 Å². The van der Waals surface area contributed by atoms with Crippen LogP contribution in [0, 0.1) is 0 Å². The number of rotatable bonds is 5. The van der Waals surface area contributed by atoms with Crippen molar-refractivity contribution in [1.82, 2.24) is 20.5 Å². The molecule has 3 aliphatic rings. The second-order valence-electron chi connectivity index (χ2n) is 11.4. The van der Waals surface area contributed by atoms with Gasteiger partial charge in [0.25, 0.3) is 5.91 Å². The molecule has 0 saturated carbocycles. The Kier molecular flexibility index (Phi) is 9.68. The Morgan fingerprint density at radius 1 is 0.957 bits per heavy atom. The lowest BCUT2D eigenvalue weighted by molar-refractivity contribution is -0.125. The molecule has 46 heavy (non-hydrogen) atoms. The van der Waals surface area contributed by atoms with Gasteiger partial charge in [-0.1, -0.05) is 24.3 Å². The van der Waals surface area contributed by atoms with E-state index in [0.29, 0.717) is 61.4 Å². The Hall–Kier alpha value is -5.03. The smallest absolute Gasteiger partial charge is 0.258 e. The number of nitrogens with one attached hydrogen (secondary N) is 2. The van der Waals surface area contributed by atoms with Crippen LogP contribution in [-0.2, 0) is 29.1 Å². The van der Waals surface area contributed by atoms with Gasteiger partial charge in [-0.3, -0.25) is 14.5 Å². The molecule has 1 saturated heterocycles. The Labute approximate surface area is 267 Å². The van der Waals surface area contributed by atoms with Crippen LogP contribution in [0.15, 0.2) is 77.4 Å². The van der Waals surface area contributed by atoms with Crippen LogP contribution in [0.2, 0.25) is 0 Å². The number of methoxy groups -OCH3 is 2. The first-order valence-corrected chi connectivity index (χ1v) is 15.4. The van der Waals surface area contributed by atoms with Crippen LogP contribution in [0.25, 0.3) is 11.5 Å². The van der Waals surface area contributed by atoms with Gasteiger partial charge >= 0.3 is 0 Å². The lowest BCUT2D eigenvalue weighted by atomic mass is 10.0. The fourth-order valence-corrected chi connectivity index (χ4v) is 5.78. The number of carbonyl (C=O) groups is 2. The summed E-state index contributed by atoms with van der Waals surface area (Å²) < 4.78 is 29.3. The highest BCUT2D eigenvalue weighted by atomic mass is 16.5. The number of carbonyl (C=O) groups excluding carboxylic acids is 2. The molecule has 11 heteroatoms. The Morgan fingerprint density at radius 2 is 1.80 bits per heavy atom. The van der Waals surface area contributed by atoms with Gasteiger partial charge < -0.3 is 34.0 Å². The van der Waals surface area contributed by atoms with Crippen molar-refractivity contribution in [1.29, 1.82) is 0 Å². The maximum Gasteiger partial charge on any atom is 0.258 e. The van der Waals surface area contributed by atoms with E-state index in [1.54, 1.807) is 26.5 Å². The molecule has 2 atom stereocenters. The summed E-state index contributed by atoms with van der Waals surface area (Å²) in [6.07, 6.45) is 2.82. The first-order valence-electron chi connectivity index (χ1n) is 15.4. The molecule has 2 N–H and O–H groups in total. The number of piperidine rings is 1. The molecule has 0 spiro atoms. The average molecular weight is 627 g/mol. The number of aromatic nitrogens is 1. The summed E-state index contributed by atoms with van der Waals surface area (Å²) in [5.74, 6) is 2.37. The molecule has 2 amide bonds. The molecule has 1 aromatic heterocycles. The van der Waals surface area contributed by atoms with Gasteiger partial charge in [-0.05, 0) is 54.8 Å². The topological polar surface area (TPSA) is 124 Å². The normalized spacial score (nSPS) is 19.3. The number of nitrogens with zero attached hydrogens (tertiary/aromatic N) is 2. The van der Waals surface area contributed by atoms with Crippen molar-refractivity contribution in [2.45, 2.75) is 44.5 Å². The van der Waals surface area contributed by atoms with Gasteiger partial charge in [0.1, 0.15) is 23.9 Å². The molecule has 11 nitrogen and oxygen atoms in total. The predicted octanol–water partition coefficient (Wildman–Crippen LogP) is 4.14. The van der Waals surface area contributed by atoms with E-state index in [1.165, 1.54) is 0 Å². The Balaban J connectivity index is 1.22. The number of aryl methyl sites for hydroxylation is 1. The highest BCUT2D eigenvalue weighted by Crippen LogP contribution is 2.30. The van der Waals surface area contributed by atoms with Crippen molar-refractivity contribution in [3.63, 3.8) is 0 Å². The number of hydrogen-bond donors (Lipinski definition) is 2. The van der Waals surface area contributed by atoms with E-state index < -0.39 is 0 Å². The molecule has 1 fully saturated rings. The molecule has 3 aliphatic heterocycles. The Morgan fingerprint density at radius 3 is 2.63 bits per heavy atom. The molecule has 0 radical (unpaired) electrons. The monoisotopic (exact) mass is 626 g/mol. The van der Waals surface area contributed by atoms with Crippen molar-refractivity contribution >= 4 is 11.8 Å². The van der Waals surface area contributed by atoms with Crippen molar-refractivity contribution in [3.05, 3.63) is 89.8 Å². The zero-order valence-electron chi connectivity index (χ0n) is 26.0. The lowest BCUT2D eigenvalue weighted by Gasteiger charge is -2.38. The molecule has 240 valence electrons. The average Bonchev–Trinajstić information content (AvgIpc) is 3.55. The van der Waals surface area contributed by atoms with Gasteiger partial charge in [0.2, 0.25) is 11.8 Å². The van der Waals surface area contributed by atoms with E-state index in [0.717, 1.165) is 28.9 Å². The summed E-state index contributed by atoms with van der Waals surface area (Å²) in [6, 6.07) is 20.5. The number of benzene rings is 3. The largest absolute Gasteiger partial charge is 0.496 e. The molecule has 3 aromatic carbocycles. The maximum atomic E-state index is 13.3. The van der Waals surface area contributed by atoms with Crippen molar-refractivity contribution in [2.75, 3.05) is 33.9 Å². The lowest BCUT2D eigenvalue weighted by Crippen LogP contribution is -2.57. The van der Waals surface area contributed by atoms with Crippen LogP contribution in [-0.4, -0.2) is 67.8 Å². The van der Waals surface area contributed by atoms with E-state index in [1.807, 2.05) is 60.7 Å².